The highest BCUT2D eigenvalue weighted by Gasteiger charge is 2.31. The van der Waals surface area contributed by atoms with E-state index in [1.165, 1.54) is 11.1 Å². The van der Waals surface area contributed by atoms with Crippen molar-refractivity contribution in [3.8, 4) is 22.6 Å². The summed E-state index contributed by atoms with van der Waals surface area (Å²) in [4.78, 5) is 14.4. The molecule has 1 N–H and O–H groups in total. The van der Waals surface area contributed by atoms with Crippen LogP contribution in [-0.4, -0.2) is 39.3 Å². The number of nitrogens with zero attached hydrogens (tertiary/aromatic N) is 4. The molecule has 1 aromatic carbocycles. The summed E-state index contributed by atoms with van der Waals surface area (Å²) in [6.07, 6.45) is 12.1. The van der Waals surface area contributed by atoms with Crippen molar-refractivity contribution < 1.29 is 4.74 Å². The second-order valence-corrected chi connectivity index (χ2v) is 9.34. The molecule has 0 radical (unpaired) electrons. The van der Waals surface area contributed by atoms with Crippen LogP contribution in [0.25, 0.3) is 22.6 Å². The third kappa shape index (κ3) is 5.13. The fourth-order valence-corrected chi connectivity index (χ4v) is 4.64. The summed E-state index contributed by atoms with van der Waals surface area (Å²) in [5.41, 5.74) is 7.59. The number of anilines is 1. The summed E-state index contributed by atoms with van der Waals surface area (Å²) in [6, 6.07) is 10.8. The maximum Gasteiger partial charge on any atom is 0.223 e. The van der Waals surface area contributed by atoms with Gasteiger partial charge in [0, 0.05) is 24.7 Å². The average Bonchev–Trinajstić information content (AvgIpc) is 3.44. The van der Waals surface area contributed by atoms with Crippen LogP contribution in [0.4, 0.5) is 5.95 Å². The number of fused-ring (bicyclic) bond motifs is 1. The first-order chi connectivity index (χ1) is 17.1. The first-order valence-corrected chi connectivity index (χ1v) is 12.5. The van der Waals surface area contributed by atoms with Gasteiger partial charge in [-0.3, -0.25) is 0 Å². The summed E-state index contributed by atoms with van der Waals surface area (Å²) in [6.45, 7) is 10.3. The van der Waals surface area contributed by atoms with E-state index in [-0.39, 0.29) is 6.04 Å². The van der Waals surface area contributed by atoms with E-state index in [0.29, 0.717) is 19.2 Å². The molecule has 3 aromatic rings. The summed E-state index contributed by atoms with van der Waals surface area (Å²) in [5.74, 6) is 1.75. The van der Waals surface area contributed by atoms with E-state index in [2.05, 4.69) is 77.8 Å². The van der Waals surface area contributed by atoms with Crippen LogP contribution in [0.2, 0.25) is 0 Å². The quantitative estimate of drug-likeness (QED) is 0.413. The zero-order chi connectivity index (χ0) is 24.2. The number of aromatic nitrogens is 4. The normalized spacial score (nSPS) is 16.9. The van der Waals surface area contributed by atoms with Gasteiger partial charge in [-0.15, -0.1) is 0 Å². The van der Waals surface area contributed by atoms with Crippen molar-refractivity contribution in [3.05, 3.63) is 83.9 Å². The molecule has 0 amide bonds. The fraction of sp³-hybridized carbons (Fsp3) is 0.345. The molecule has 0 bridgehead atoms. The minimum absolute atomic E-state index is 0.219. The van der Waals surface area contributed by atoms with Crippen LogP contribution in [0.5, 0.6) is 0 Å². The number of hydrogen-bond donors (Lipinski definition) is 1. The summed E-state index contributed by atoms with van der Waals surface area (Å²) in [7, 11) is 0. The van der Waals surface area contributed by atoms with Gasteiger partial charge in [0.25, 0.3) is 0 Å². The van der Waals surface area contributed by atoms with E-state index in [0.717, 1.165) is 66.3 Å². The fourth-order valence-electron chi connectivity index (χ4n) is 4.64. The number of allylic oxidation sites excluding steroid dienone is 3. The average molecular weight is 468 g/mol. The van der Waals surface area contributed by atoms with Gasteiger partial charge >= 0.3 is 0 Å². The molecular weight excluding hydrogens is 434 g/mol. The van der Waals surface area contributed by atoms with E-state index in [4.69, 9.17) is 14.7 Å². The van der Waals surface area contributed by atoms with Gasteiger partial charge in [-0.25, -0.2) is 15.0 Å². The Labute approximate surface area is 207 Å². The second-order valence-electron chi connectivity index (χ2n) is 9.34. The number of ether oxygens (including phenoxy) is 1. The Kier molecular flexibility index (Phi) is 6.91. The van der Waals surface area contributed by atoms with E-state index in [9.17, 15) is 0 Å². The molecule has 2 aliphatic rings. The minimum Gasteiger partial charge on any atom is -0.375 e. The van der Waals surface area contributed by atoms with Gasteiger partial charge in [0.15, 0.2) is 0 Å². The molecule has 0 fully saturated rings. The lowest BCUT2D eigenvalue weighted by Crippen LogP contribution is -2.15. The summed E-state index contributed by atoms with van der Waals surface area (Å²) >= 11 is 0. The Morgan fingerprint density at radius 2 is 2.00 bits per heavy atom. The van der Waals surface area contributed by atoms with Crippen molar-refractivity contribution in [1.82, 2.24) is 19.5 Å². The molecule has 0 unspecified atom stereocenters. The molecule has 0 saturated carbocycles. The van der Waals surface area contributed by atoms with Crippen LogP contribution in [0, 0.1) is 6.92 Å². The van der Waals surface area contributed by atoms with Crippen molar-refractivity contribution >= 4 is 5.95 Å². The maximum absolute atomic E-state index is 6.20. The van der Waals surface area contributed by atoms with Crippen LogP contribution in [0.15, 0.2) is 72.5 Å². The highest BCUT2D eigenvalue weighted by atomic mass is 16.5. The number of aryl methyl sites for hydroxylation is 2. The zero-order valence-electron chi connectivity index (χ0n) is 20.6. The monoisotopic (exact) mass is 467 g/mol. The second kappa shape index (κ2) is 10.4. The molecule has 1 aliphatic heterocycles. The van der Waals surface area contributed by atoms with Crippen LogP contribution in [-0.2, 0) is 11.2 Å². The van der Waals surface area contributed by atoms with Gasteiger partial charge in [-0.1, -0.05) is 67.1 Å². The first kappa shape index (κ1) is 23.2. The number of rotatable bonds is 9. The molecule has 2 aromatic heterocycles. The number of nitrogens with one attached hydrogen (secondary N) is 1. The lowest BCUT2D eigenvalue weighted by molar-refractivity contribution is 0.125. The highest BCUT2D eigenvalue weighted by molar-refractivity contribution is 5.78. The highest BCUT2D eigenvalue weighted by Crippen LogP contribution is 2.39. The molecule has 35 heavy (non-hydrogen) atoms. The molecule has 3 heterocycles. The molecule has 1 atom stereocenters. The van der Waals surface area contributed by atoms with Gasteiger partial charge in [-0.05, 0) is 37.8 Å². The SMILES string of the molecule is C=C1C=CC(COC[C@H]2CCc3nc(-c4ccc(C)cc4)c(-c4ccnc(NCCC)n4)n32)=CC1. The predicted octanol–water partition coefficient (Wildman–Crippen LogP) is 6.08. The third-order valence-electron chi connectivity index (χ3n) is 6.55. The molecule has 6 heteroatoms. The van der Waals surface area contributed by atoms with Crippen molar-refractivity contribution in [2.45, 2.75) is 45.6 Å². The zero-order valence-corrected chi connectivity index (χ0v) is 20.6. The maximum atomic E-state index is 6.20. The first-order valence-electron chi connectivity index (χ1n) is 12.5. The van der Waals surface area contributed by atoms with Gasteiger partial charge in [-0.2, -0.15) is 0 Å². The van der Waals surface area contributed by atoms with Crippen molar-refractivity contribution in [1.29, 1.82) is 0 Å². The molecule has 6 nitrogen and oxygen atoms in total. The lowest BCUT2D eigenvalue weighted by Gasteiger charge is -2.18. The number of imidazole rings is 1. The molecule has 0 saturated heterocycles. The minimum atomic E-state index is 0.219. The van der Waals surface area contributed by atoms with Gasteiger partial charge < -0.3 is 14.6 Å². The largest absolute Gasteiger partial charge is 0.375 e. The van der Waals surface area contributed by atoms with Crippen molar-refractivity contribution in [3.63, 3.8) is 0 Å². The van der Waals surface area contributed by atoms with Crippen LogP contribution >= 0.6 is 0 Å². The van der Waals surface area contributed by atoms with Gasteiger partial charge in [0.2, 0.25) is 5.95 Å². The van der Waals surface area contributed by atoms with Crippen LogP contribution in [0.1, 0.15) is 43.6 Å². The summed E-state index contributed by atoms with van der Waals surface area (Å²) in [5, 5.41) is 3.32. The lowest BCUT2D eigenvalue weighted by atomic mass is 10.0. The number of benzene rings is 1. The topological polar surface area (TPSA) is 64.9 Å². The molecule has 0 spiro atoms. The molecular formula is C29H33N5O. The molecule has 180 valence electrons. The smallest absolute Gasteiger partial charge is 0.223 e. The van der Waals surface area contributed by atoms with Crippen LogP contribution in [0.3, 0.4) is 0 Å². The Bertz CT molecular complexity index is 1270. The van der Waals surface area contributed by atoms with Gasteiger partial charge in [0.1, 0.15) is 5.82 Å². The van der Waals surface area contributed by atoms with Crippen LogP contribution < -0.4 is 5.32 Å². The van der Waals surface area contributed by atoms with E-state index in [1.807, 2.05) is 12.3 Å². The Morgan fingerprint density at radius 3 is 2.77 bits per heavy atom. The molecule has 1 aliphatic carbocycles. The van der Waals surface area contributed by atoms with Crippen molar-refractivity contribution in [2.75, 3.05) is 25.1 Å². The van der Waals surface area contributed by atoms with Crippen molar-refractivity contribution in [2.24, 2.45) is 0 Å². The molecule has 5 rings (SSSR count). The Morgan fingerprint density at radius 1 is 1.14 bits per heavy atom. The van der Waals surface area contributed by atoms with E-state index < -0.39 is 0 Å². The predicted molar refractivity (Wildman–Crippen MR) is 141 cm³/mol. The van der Waals surface area contributed by atoms with Gasteiger partial charge in [0.05, 0.1) is 36.3 Å². The van der Waals surface area contributed by atoms with E-state index >= 15 is 0 Å². The standard InChI is InChI=1S/C29H33N5O/c1-4-16-30-29-31-17-15-25(32-29)28-27(23-11-7-21(3)8-12-23)33-26-14-13-24(34(26)28)19-35-18-22-9-5-20(2)6-10-22/h5,7-12,15,17,24H,2,4,6,13-14,16,18-19H2,1,3H3,(H,30,31,32)/t24-/m1/s1. The number of hydrogen-bond acceptors (Lipinski definition) is 5. The summed E-state index contributed by atoms with van der Waals surface area (Å²) < 4.78 is 8.56. The Hall–Kier alpha value is -3.51. The van der Waals surface area contributed by atoms with E-state index in [1.54, 1.807) is 0 Å². The third-order valence-corrected chi connectivity index (χ3v) is 6.55. The Balaban J connectivity index is 1.46.